The van der Waals surface area contributed by atoms with E-state index in [1.165, 1.54) is 13.2 Å². The minimum absolute atomic E-state index is 0.0213. The van der Waals surface area contributed by atoms with Crippen LogP contribution < -0.4 is 9.47 Å². The van der Waals surface area contributed by atoms with Crippen molar-refractivity contribution in [2.24, 2.45) is 5.92 Å². The van der Waals surface area contributed by atoms with Gasteiger partial charge in [0.25, 0.3) is 0 Å². The molecule has 5 atom stereocenters. The standard InChI is InChI=1S/C28H30ClN3O4/c1-6-19(29)13-12-17(2)28-23(18-10-8-7-9-11-18)21(16-32(3)4)25(33)27(28,34)24-22(36-28)14-20(15-30)31-26(24)35-5/h6-14,21,23,25,33-34H,2,16H2,1,3-5H3/b13-12-,19-6+/t21-,23-,25-,27+,28+/m1/s1. The van der Waals surface area contributed by atoms with Gasteiger partial charge in [-0.25, -0.2) is 4.98 Å². The predicted molar refractivity (Wildman–Crippen MR) is 138 cm³/mol. The summed E-state index contributed by atoms with van der Waals surface area (Å²) in [6.07, 6.45) is 3.83. The molecule has 2 N–H and O–H groups in total. The third-order valence-electron chi connectivity index (χ3n) is 7.11. The molecule has 8 heteroatoms. The van der Waals surface area contributed by atoms with Crippen LogP contribution in [0.3, 0.4) is 0 Å². The van der Waals surface area contributed by atoms with Crippen LogP contribution in [0.15, 0.2) is 71.8 Å². The normalized spacial score (nSPS) is 29.1. The average molecular weight is 508 g/mol. The summed E-state index contributed by atoms with van der Waals surface area (Å²) in [7, 11) is 5.23. The summed E-state index contributed by atoms with van der Waals surface area (Å²) in [5.74, 6) is -0.738. The van der Waals surface area contributed by atoms with E-state index in [-0.39, 0.29) is 22.9 Å². The number of nitriles is 1. The molecule has 0 unspecified atom stereocenters. The second-order valence-corrected chi connectivity index (χ2v) is 9.83. The zero-order valence-electron chi connectivity index (χ0n) is 20.8. The van der Waals surface area contributed by atoms with Crippen LogP contribution in [-0.4, -0.2) is 59.6 Å². The fourth-order valence-corrected chi connectivity index (χ4v) is 5.78. The minimum atomic E-state index is -1.99. The molecule has 1 saturated carbocycles. The molecule has 2 heterocycles. The van der Waals surface area contributed by atoms with E-state index in [2.05, 4.69) is 11.6 Å². The molecule has 1 aromatic heterocycles. The van der Waals surface area contributed by atoms with Crippen LogP contribution in [0.1, 0.15) is 29.7 Å². The summed E-state index contributed by atoms with van der Waals surface area (Å²) >= 11 is 6.26. The van der Waals surface area contributed by atoms with Crippen molar-refractivity contribution < 1.29 is 19.7 Å². The van der Waals surface area contributed by atoms with E-state index in [9.17, 15) is 15.5 Å². The average Bonchev–Trinajstić information content (AvgIpc) is 3.24. The summed E-state index contributed by atoms with van der Waals surface area (Å²) in [4.78, 5) is 6.23. The summed E-state index contributed by atoms with van der Waals surface area (Å²) in [6, 6.07) is 13.1. The van der Waals surface area contributed by atoms with Gasteiger partial charge in [0.05, 0.1) is 18.8 Å². The van der Waals surface area contributed by atoms with Crippen LogP contribution >= 0.6 is 11.6 Å². The lowest BCUT2D eigenvalue weighted by Crippen LogP contribution is -2.55. The Labute approximate surface area is 216 Å². The molecule has 36 heavy (non-hydrogen) atoms. The molecule has 0 saturated heterocycles. The highest BCUT2D eigenvalue weighted by Gasteiger charge is 2.77. The van der Waals surface area contributed by atoms with Crippen molar-refractivity contribution in [2.75, 3.05) is 27.7 Å². The lowest BCUT2D eigenvalue weighted by atomic mass is 9.70. The maximum Gasteiger partial charge on any atom is 0.224 e. The van der Waals surface area contributed by atoms with Gasteiger partial charge in [0, 0.05) is 29.5 Å². The van der Waals surface area contributed by atoms with Crippen LogP contribution in [0, 0.1) is 17.2 Å². The third-order valence-corrected chi connectivity index (χ3v) is 7.45. The van der Waals surface area contributed by atoms with E-state index in [1.54, 1.807) is 18.2 Å². The second-order valence-electron chi connectivity index (χ2n) is 9.40. The first-order valence-electron chi connectivity index (χ1n) is 11.6. The van der Waals surface area contributed by atoms with Crippen LogP contribution in [0.2, 0.25) is 0 Å². The van der Waals surface area contributed by atoms with Crippen molar-refractivity contribution in [3.63, 3.8) is 0 Å². The van der Waals surface area contributed by atoms with Gasteiger partial charge >= 0.3 is 0 Å². The summed E-state index contributed by atoms with van der Waals surface area (Å²) in [5.41, 5.74) is -1.98. The van der Waals surface area contributed by atoms with E-state index in [0.29, 0.717) is 17.2 Å². The lowest BCUT2D eigenvalue weighted by molar-refractivity contribution is -0.131. The quantitative estimate of drug-likeness (QED) is 0.549. The van der Waals surface area contributed by atoms with Gasteiger partial charge in [-0.1, -0.05) is 60.7 Å². The van der Waals surface area contributed by atoms with Gasteiger partial charge in [-0.2, -0.15) is 5.26 Å². The van der Waals surface area contributed by atoms with Crippen LogP contribution in [-0.2, 0) is 5.60 Å². The Morgan fingerprint density at radius 2 is 2.03 bits per heavy atom. The largest absolute Gasteiger partial charge is 0.481 e. The second kappa shape index (κ2) is 9.72. The van der Waals surface area contributed by atoms with E-state index in [1.807, 2.05) is 62.3 Å². The molecule has 7 nitrogen and oxygen atoms in total. The molecular weight excluding hydrogens is 478 g/mol. The highest BCUT2D eigenvalue weighted by Crippen LogP contribution is 2.67. The first-order chi connectivity index (χ1) is 17.1. The number of allylic oxidation sites excluding steroid dienone is 3. The monoisotopic (exact) mass is 507 g/mol. The lowest BCUT2D eigenvalue weighted by Gasteiger charge is -2.41. The molecule has 1 aliphatic carbocycles. The number of pyridine rings is 1. The zero-order chi connectivity index (χ0) is 26.3. The molecule has 0 amide bonds. The molecule has 2 aliphatic rings. The van der Waals surface area contributed by atoms with Gasteiger partial charge in [0.1, 0.15) is 17.5 Å². The Hall–Kier alpha value is -3.15. The summed E-state index contributed by atoms with van der Waals surface area (Å²) in [6.45, 7) is 6.59. The van der Waals surface area contributed by atoms with Crippen molar-refractivity contribution in [3.8, 4) is 17.7 Å². The van der Waals surface area contributed by atoms with E-state index in [0.717, 1.165) is 5.56 Å². The number of hydrogen-bond acceptors (Lipinski definition) is 7. The van der Waals surface area contributed by atoms with Gasteiger partial charge in [0.2, 0.25) is 5.88 Å². The van der Waals surface area contributed by atoms with Crippen molar-refractivity contribution in [2.45, 2.75) is 30.1 Å². The molecule has 0 spiro atoms. The number of methoxy groups -OCH3 is 1. The molecule has 188 valence electrons. The van der Waals surface area contributed by atoms with Crippen molar-refractivity contribution in [1.29, 1.82) is 5.26 Å². The fourth-order valence-electron chi connectivity index (χ4n) is 5.71. The molecule has 4 rings (SSSR count). The number of aromatic nitrogens is 1. The van der Waals surface area contributed by atoms with Crippen LogP contribution in [0.25, 0.3) is 0 Å². The van der Waals surface area contributed by atoms with Gasteiger partial charge in [-0.15, -0.1) is 0 Å². The molecule has 2 aromatic rings. The van der Waals surface area contributed by atoms with Crippen molar-refractivity contribution in [3.05, 3.63) is 88.6 Å². The maximum absolute atomic E-state index is 12.6. The van der Waals surface area contributed by atoms with Gasteiger partial charge < -0.3 is 24.6 Å². The number of halogens is 1. The van der Waals surface area contributed by atoms with Gasteiger partial charge in [-0.05, 0) is 38.2 Å². The van der Waals surface area contributed by atoms with Gasteiger partial charge in [0.15, 0.2) is 11.2 Å². The van der Waals surface area contributed by atoms with Crippen molar-refractivity contribution in [1.82, 2.24) is 9.88 Å². The number of rotatable bonds is 7. The Morgan fingerprint density at radius 1 is 1.33 bits per heavy atom. The topological polar surface area (TPSA) is 98.8 Å². The molecule has 0 radical (unpaired) electrons. The molecular formula is C28H30ClN3O4. The zero-order valence-corrected chi connectivity index (χ0v) is 21.5. The Kier molecular flexibility index (Phi) is 7.00. The number of hydrogen-bond donors (Lipinski definition) is 2. The van der Waals surface area contributed by atoms with Crippen LogP contribution in [0.5, 0.6) is 11.6 Å². The number of aliphatic hydroxyl groups excluding tert-OH is 1. The van der Waals surface area contributed by atoms with Gasteiger partial charge in [-0.3, -0.25) is 0 Å². The summed E-state index contributed by atoms with van der Waals surface area (Å²) < 4.78 is 12.2. The molecule has 1 fully saturated rings. The molecule has 0 bridgehead atoms. The maximum atomic E-state index is 12.6. The smallest absolute Gasteiger partial charge is 0.224 e. The highest BCUT2D eigenvalue weighted by atomic mass is 35.5. The SMILES string of the molecule is C=C(/C=C\C(Cl)=C/C)[C@@]12Oc3cc(C#N)nc(OC)c3[C@]1(O)[C@H](O)[C@H](CN(C)C)[C@H]2c1ccccc1. The minimum Gasteiger partial charge on any atom is -0.481 e. The highest BCUT2D eigenvalue weighted by molar-refractivity contribution is 6.31. The van der Waals surface area contributed by atoms with E-state index < -0.39 is 29.1 Å². The Bertz CT molecular complexity index is 1270. The molecule has 1 aliphatic heterocycles. The van der Waals surface area contributed by atoms with Crippen LogP contribution in [0.4, 0.5) is 0 Å². The fraction of sp³-hybridized carbons (Fsp3) is 0.357. The van der Waals surface area contributed by atoms with Crippen molar-refractivity contribution >= 4 is 11.6 Å². The van der Waals surface area contributed by atoms with E-state index >= 15 is 0 Å². The number of fused-ring (bicyclic) bond motifs is 3. The Balaban J connectivity index is 2.07. The first kappa shape index (κ1) is 25.9. The number of ether oxygens (including phenoxy) is 2. The Morgan fingerprint density at radius 3 is 2.61 bits per heavy atom. The number of aliphatic hydroxyl groups is 2. The number of benzene rings is 1. The third kappa shape index (κ3) is 3.73. The number of nitrogens with zero attached hydrogens (tertiary/aromatic N) is 3. The first-order valence-corrected chi connectivity index (χ1v) is 12.0. The summed E-state index contributed by atoms with van der Waals surface area (Å²) in [5, 5.41) is 34.6. The molecule has 1 aromatic carbocycles. The predicted octanol–water partition coefficient (Wildman–Crippen LogP) is 3.87. The van der Waals surface area contributed by atoms with E-state index in [4.69, 9.17) is 21.1 Å².